The van der Waals surface area contributed by atoms with Crippen molar-refractivity contribution in [3.8, 4) is 0 Å². The second kappa shape index (κ2) is 6.36. The number of halogens is 1. The van der Waals surface area contributed by atoms with Crippen molar-refractivity contribution >= 4 is 23.0 Å². The van der Waals surface area contributed by atoms with E-state index in [0.717, 1.165) is 24.3 Å². The molecular weight excluding hydrogens is 317 g/mol. The number of benzene rings is 2. The molecule has 5 heteroatoms. The monoisotopic (exact) mass is 333 g/mol. The Morgan fingerprint density at radius 3 is 2.76 bits per heavy atom. The summed E-state index contributed by atoms with van der Waals surface area (Å²) in [6.45, 7) is 0.847. The van der Waals surface area contributed by atoms with Crippen molar-refractivity contribution in [2.45, 2.75) is 6.42 Å². The molecule has 25 heavy (non-hydrogen) atoms. The van der Waals surface area contributed by atoms with Crippen molar-refractivity contribution in [2.24, 2.45) is 0 Å². The first-order chi connectivity index (χ1) is 12.2. The number of hydrogen-bond donors (Lipinski definition) is 1. The maximum absolute atomic E-state index is 13.7. The van der Waals surface area contributed by atoms with Gasteiger partial charge in [-0.1, -0.05) is 30.3 Å². The Hall–Kier alpha value is -3.21. The third kappa shape index (κ3) is 2.96. The smallest absolute Gasteiger partial charge is 0.257 e. The molecule has 124 valence electrons. The number of fused-ring (bicyclic) bond motifs is 1. The van der Waals surface area contributed by atoms with E-state index < -0.39 is 5.82 Å². The number of carbonyl (C=O) groups excluding carboxylic acids is 1. The summed E-state index contributed by atoms with van der Waals surface area (Å²) in [6, 6.07) is 16.1. The number of nitrogens with one attached hydrogen (secondary N) is 1. The average molecular weight is 333 g/mol. The summed E-state index contributed by atoms with van der Waals surface area (Å²) in [4.78, 5) is 18.8. The highest BCUT2D eigenvalue weighted by atomic mass is 19.1. The van der Waals surface area contributed by atoms with Crippen LogP contribution in [0.25, 0.3) is 0 Å². The van der Waals surface area contributed by atoms with Crippen molar-refractivity contribution < 1.29 is 9.18 Å². The van der Waals surface area contributed by atoms with Gasteiger partial charge in [0.05, 0.1) is 23.1 Å². The minimum atomic E-state index is -0.464. The third-order valence-corrected chi connectivity index (χ3v) is 4.31. The molecule has 4 rings (SSSR count). The number of aromatic nitrogens is 1. The molecule has 0 fully saturated rings. The third-order valence-electron chi connectivity index (χ3n) is 4.31. The van der Waals surface area contributed by atoms with Crippen LogP contribution in [0.4, 0.5) is 21.5 Å². The van der Waals surface area contributed by atoms with Crippen molar-refractivity contribution in [2.75, 3.05) is 16.8 Å². The number of amides is 1. The number of nitrogens with zero attached hydrogens (tertiary/aromatic N) is 2. The standard InChI is InChI=1S/C20H16FN3O/c21-17-6-2-3-7-18(17)23-20(25)15-11-16(13-22-12-15)24-10-9-14-5-1-4-8-19(14)24/h1-8,11-13H,9-10H2,(H,23,25). The number of rotatable bonds is 3. The van der Waals surface area contributed by atoms with Crippen LogP contribution >= 0.6 is 0 Å². The summed E-state index contributed by atoms with van der Waals surface area (Å²) < 4.78 is 13.7. The topological polar surface area (TPSA) is 45.2 Å². The largest absolute Gasteiger partial charge is 0.340 e. The summed E-state index contributed by atoms with van der Waals surface area (Å²) in [5, 5.41) is 2.59. The number of hydrogen-bond acceptors (Lipinski definition) is 3. The highest BCUT2D eigenvalue weighted by Crippen LogP contribution is 2.34. The summed E-state index contributed by atoms with van der Waals surface area (Å²) in [7, 11) is 0. The van der Waals surface area contributed by atoms with Gasteiger partial charge in [0.25, 0.3) is 5.91 Å². The predicted octanol–water partition coefficient (Wildman–Crippen LogP) is 4.17. The Morgan fingerprint density at radius 2 is 1.88 bits per heavy atom. The van der Waals surface area contributed by atoms with Gasteiger partial charge in [-0.3, -0.25) is 9.78 Å². The molecule has 0 spiro atoms. The van der Waals surface area contributed by atoms with Crippen LogP contribution in [-0.2, 0) is 6.42 Å². The molecule has 1 aliphatic heterocycles. The Labute approximate surface area is 144 Å². The van der Waals surface area contributed by atoms with E-state index in [0.29, 0.717) is 5.56 Å². The van der Waals surface area contributed by atoms with Crippen LogP contribution in [0.5, 0.6) is 0 Å². The molecule has 3 aromatic rings. The molecule has 1 aromatic heterocycles. The molecule has 4 nitrogen and oxygen atoms in total. The highest BCUT2D eigenvalue weighted by Gasteiger charge is 2.21. The van der Waals surface area contributed by atoms with Gasteiger partial charge in [0.1, 0.15) is 5.82 Å². The zero-order chi connectivity index (χ0) is 17.2. The molecule has 0 atom stereocenters. The van der Waals surface area contributed by atoms with Crippen LogP contribution in [-0.4, -0.2) is 17.4 Å². The summed E-state index contributed by atoms with van der Waals surface area (Å²) in [5.74, 6) is -0.847. The Morgan fingerprint density at radius 1 is 1.08 bits per heavy atom. The van der Waals surface area contributed by atoms with E-state index in [-0.39, 0.29) is 11.6 Å². The average Bonchev–Trinajstić information content (AvgIpc) is 3.08. The lowest BCUT2D eigenvalue weighted by molar-refractivity contribution is 0.102. The minimum Gasteiger partial charge on any atom is -0.340 e. The molecule has 2 aromatic carbocycles. The normalized spacial score (nSPS) is 12.8. The number of para-hydroxylation sites is 2. The van der Waals surface area contributed by atoms with Crippen LogP contribution in [0, 0.1) is 5.82 Å². The van der Waals surface area contributed by atoms with E-state index in [1.54, 1.807) is 24.4 Å². The fourth-order valence-electron chi connectivity index (χ4n) is 3.06. The molecule has 0 saturated heterocycles. The van der Waals surface area contributed by atoms with Gasteiger partial charge < -0.3 is 10.2 Å². The first-order valence-corrected chi connectivity index (χ1v) is 8.09. The summed E-state index contributed by atoms with van der Waals surface area (Å²) in [6.07, 6.45) is 4.19. The van der Waals surface area contributed by atoms with E-state index in [4.69, 9.17) is 0 Å². The lowest BCUT2D eigenvalue weighted by Gasteiger charge is -2.19. The zero-order valence-electron chi connectivity index (χ0n) is 13.4. The maximum Gasteiger partial charge on any atom is 0.257 e. The molecule has 0 aliphatic carbocycles. The molecule has 2 heterocycles. The van der Waals surface area contributed by atoms with Crippen molar-refractivity contribution in [3.05, 3.63) is 83.9 Å². The Bertz CT molecular complexity index is 941. The van der Waals surface area contributed by atoms with E-state index in [2.05, 4.69) is 27.3 Å². The second-order valence-corrected chi connectivity index (χ2v) is 5.90. The van der Waals surface area contributed by atoms with E-state index in [1.807, 2.05) is 12.1 Å². The van der Waals surface area contributed by atoms with Crippen LogP contribution in [0.2, 0.25) is 0 Å². The van der Waals surface area contributed by atoms with Crippen LogP contribution < -0.4 is 10.2 Å². The molecule has 0 radical (unpaired) electrons. The Balaban J connectivity index is 1.60. The first kappa shape index (κ1) is 15.3. The van der Waals surface area contributed by atoms with Crippen molar-refractivity contribution in [3.63, 3.8) is 0 Å². The van der Waals surface area contributed by atoms with Crippen LogP contribution in [0.15, 0.2) is 67.0 Å². The number of anilines is 3. The van der Waals surface area contributed by atoms with Crippen molar-refractivity contribution in [1.29, 1.82) is 0 Å². The molecule has 0 bridgehead atoms. The first-order valence-electron chi connectivity index (χ1n) is 8.09. The second-order valence-electron chi connectivity index (χ2n) is 5.90. The summed E-state index contributed by atoms with van der Waals surface area (Å²) in [5.41, 5.74) is 3.82. The molecule has 1 aliphatic rings. The van der Waals surface area contributed by atoms with E-state index >= 15 is 0 Å². The van der Waals surface area contributed by atoms with Gasteiger partial charge in [-0.15, -0.1) is 0 Å². The van der Waals surface area contributed by atoms with Crippen LogP contribution in [0.1, 0.15) is 15.9 Å². The number of carbonyl (C=O) groups is 1. The summed E-state index contributed by atoms with van der Waals surface area (Å²) >= 11 is 0. The van der Waals surface area contributed by atoms with E-state index in [1.165, 1.54) is 23.9 Å². The minimum absolute atomic E-state index is 0.157. The molecule has 1 N–H and O–H groups in total. The fourth-order valence-corrected chi connectivity index (χ4v) is 3.06. The van der Waals surface area contributed by atoms with Gasteiger partial charge in [-0.05, 0) is 36.2 Å². The lowest BCUT2D eigenvalue weighted by Crippen LogP contribution is -2.17. The number of pyridine rings is 1. The molecular formula is C20H16FN3O. The van der Waals surface area contributed by atoms with Gasteiger partial charge in [-0.25, -0.2) is 4.39 Å². The van der Waals surface area contributed by atoms with Gasteiger partial charge in [-0.2, -0.15) is 0 Å². The molecule has 1 amide bonds. The van der Waals surface area contributed by atoms with Gasteiger partial charge >= 0.3 is 0 Å². The van der Waals surface area contributed by atoms with Crippen molar-refractivity contribution in [1.82, 2.24) is 4.98 Å². The van der Waals surface area contributed by atoms with Gasteiger partial charge in [0.15, 0.2) is 0 Å². The highest BCUT2D eigenvalue weighted by molar-refractivity contribution is 6.04. The Kier molecular flexibility index (Phi) is 3.90. The SMILES string of the molecule is O=C(Nc1ccccc1F)c1cncc(N2CCc3ccccc32)c1. The molecule has 0 saturated carbocycles. The predicted molar refractivity (Wildman–Crippen MR) is 95.7 cm³/mol. The lowest BCUT2D eigenvalue weighted by atomic mass is 10.2. The van der Waals surface area contributed by atoms with Gasteiger partial charge in [0, 0.05) is 18.4 Å². The van der Waals surface area contributed by atoms with Gasteiger partial charge in [0.2, 0.25) is 0 Å². The van der Waals surface area contributed by atoms with E-state index in [9.17, 15) is 9.18 Å². The fraction of sp³-hybridized carbons (Fsp3) is 0.100. The zero-order valence-corrected chi connectivity index (χ0v) is 13.4. The van der Waals surface area contributed by atoms with Crippen LogP contribution in [0.3, 0.4) is 0 Å². The maximum atomic E-state index is 13.7. The molecule has 0 unspecified atom stereocenters. The quantitative estimate of drug-likeness (QED) is 0.782.